The van der Waals surface area contributed by atoms with Gasteiger partial charge in [-0.05, 0) is 26.7 Å². The van der Waals surface area contributed by atoms with Crippen LogP contribution in [0.1, 0.15) is 35.9 Å². The van der Waals surface area contributed by atoms with Crippen molar-refractivity contribution >= 4 is 18.2 Å². The third-order valence-corrected chi connectivity index (χ3v) is 4.60. The maximum Gasteiger partial charge on any atom is 0.519 e. The number of hydrogen-bond donors (Lipinski definition) is 2. The number of methoxy groups -OCH3 is 1. The average Bonchev–Trinajstić information content (AvgIpc) is 3.30. The lowest BCUT2D eigenvalue weighted by atomic mass is 9.93. The number of alkyl carbamates (subject to hydrolysis) is 2. The van der Waals surface area contributed by atoms with Gasteiger partial charge in [0.05, 0.1) is 7.11 Å². The van der Waals surface area contributed by atoms with Crippen LogP contribution in [0.4, 0.5) is 18.4 Å². The van der Waals surface area contributed by atoms with Gasteiger partial charge in [0, 0.05) is 6.54 Å². The molecule has 16 heteroatoms. The highest BCUT2D eigenvalue weighted by Crippen LogP contribution is 2.24. The van der Waals surface area contributed by atoms with E-state index in [-0.39, 0.29) is 36.0 Å². The number of aryl methyl sites for hydroxylation is 2. The molecule has 1 atom stereocenters. The minimum absolute atomic E-state index is 0.0129. The minimum atomic E-state index is -3.42. The molecule has 2 aromatic heterocycles. The number of nitrogens with one attached hydrogen (secondary N) is 2. The fraction of sp³-hybridized carbons (Fsp3) is 0.526. The van der Waals surface area contributed by atoms with Gasteiger partial charge in [-0.3, -0.25) is 0 Å². The lowest BCUT2D eigenvalue weighted by Crippen LogP contribution is -2.60. The Kier molecular flexibility index (Phi) is 9.18. The molecule has 2 N–H and O–H groups in total. The van der Waals surface area contributed by atoms with E-state index in [1.54, 1.807) is 5.32 Å². The first-order valence-electron chi connectivity index (χ1n) is 9.89. The van der Waals surface area contributed by atoms with E-state index in [0.29, 0.717) is 0 Å². The number of esters is 1. The molecule has 0 saturated carbocycles. The van der Waals surface area contributed by atoms with Crippen molar-refractivity contribution in [1.82, 2.24) is 10.6 Å². The lowest BCUT2D eigenvalue weighted by Gasteiger charge is -2.30. The summed E-state index contributed by atoms with van der Waals surface area (Å²) in [5.41, 5.74) is -2.80. The van der Waals surface area contributed by atoms with Gasteiger partial charge in [0.25, 0.3) is 6.43 Å². The van der Waals surface area contributed by atoms with E-state index in [0.717, 1.165) is 7.11 Å². The zero-order valence-electron chi connectivity index (χ0n) is 18.8. The van der Waals surface area contributed by atoms with Crippen LogP contribution in [0.25, 0.3) is 0 Å². The van der Waals surface area contributed by atoms with Gasteiger partial charge in [-0.15, -0.1) is 0 Å². The van der Waals surface area contributed by atoms with Crippen LogP contribution in [0.5, 0.6) is 0 Å². The summed E-state index contributed by atoms with van der Waals surface area (Å²) in [6.45, 7) is 1.48. The summed E-state index contributed by atoms with van der Waals surface area (Å²) >= 11 is 0. The van der Waals surface area contributed by atoms with E-state index >= 15 is 0 Å². The number of hydrogen-bond acceptors (Lipinski definition) is 12. The van der Waals surface area contributed by atoms with Gasteiger partial charge in [-0.1, -0.05) is 0 Å². The van der Waals surface area contributed by atoms with Gasteiger partial charge in [0.1, 0.15) is 0 Å². The molecule has 2 heterocycles. The maximum absolute atomic E-state index is 13.9. The van der Waals surface area contributed by atoms with Crippen LogP contribution in [-0.2, 0) is 32.2 Å². The Bertz CT molecular complexity index is 1150. The highest BCUT2D eigenvalue weighted by atomic mass is 19.3. The van der Waals surface area contributed by atoms with Gasteiger partial charge < -0.3 is 42.5 Å². The second-order valence-electron chi connectivity index (χ2n) is 6.94. The first kappa shape index (κ1) is 27.1. The molecule has 35 heavy (non-hydrogen) atoms. The fourth-order valence-electron chi connectivity index (χ4n) is 2.75. The number of ether oxygens (including phenoxy) is 3. The Morgan fingerprint density at radius 2 is 1.43 bits per heavy atom. The predicted octanol–water partition coefficient (Wildman–Crippen LogP) is 1.51. The van der Waals surface area contributed by atoms with Crippen LogP contribution < -0.4 is 22.3 Å². The van der Waals surface area contributed by atoms with Crippen LogP contribution in [0.15, 0.2) is 27.3 Å². The molecule has 194 valence electrons. The highest BCUT2D eigenvalue weighted by molar-refractivity contribution is 5.86. The minimum Gasteiger partial charge on any atom is -0.467 e. The first-order chi connectivity index (χ1) is 16.5. The number of amides is 2. The third-order valence-electron chi connectivity index (χ3n) is 4.60. The average molecular weight is 508 g/mol. The molecule has 0 aliphatic heterocycles. The highest BCUT2D eigenvalue weighted by Gasteiger charge is 2.50. The number of halogens is 2. The number of alkyl halides is 2. The van der Waals surface area contributed by atoms with E-state index in [1.807, 2.05) is 0 Å². The predicted molar refractivity (Wildman–Crippen MR) is 105 cm³/mol. The molecule has 2 rings (SSSR count). The largest absolute Gasteiger partial charge is 0.519 e. The van der Waals surface area contributed by atoms with Crippen molar-refractivity contribution in [2.75, 3.05) is 13.7 Å². The quantitative estimate of drug-likeness (QED) is 0.253. The molecular weight excluding hydrogens is 486 g/mol. The van der Waals surface area contributed by atoms with Crippen LogP contribution in [0.2, 0.25) is 0 Å². The molecule has 0 radical (unpaired) electrons. The Morgan fingerprint density at radius 1 is 0.914 bits per heavy atom. The van der Waals surface area contributed by atoms with E-state index in [1.165, 1.54) is 13.8 Å². The second kappa shape index (κ2) is 11.8. The van der Waals surface area contributed by atoms with Crippen LogP contribution >= 0.6 is 0 Å². The summed E-state index contributed by atoms with van der Waals surface area (Å²) in [5, 5.41) is 4.04. The fourth-order valence-corrected chi connectivity index (χ4v) is 2.75. The van der Waals surface area contributed by atoms with Gasteiger partial charge in [-0.2, -0.15) is 0 Å². The van der Waals surface area contributed by atoms with E-state index in [9.17, 15) is 32.8 Å². The molecule has 0 aliphatic carbocycles. The summed E-state index contributed by atoms with van der Waals surface area (Å²) in [5.74, 6) is -3.51. The Morgan fingerprint density at radius 3 is 1.86 bits per heavy atom. The summed E-state index contributed by atoms with van der Waals surface area (Å²) < 4.78 is 60.3. The van der Waals surface area contributed by atoms with Crippen LogP contribution in [0.3, 0.4) is 0 Å². The van der Waals surface area contributed by atoms with Crippen molar-refractivity contribution in [3.05, 3.63) is 44.3 Å². The molecule has 0 spiro atoms. The van der Waals surface area contributed by atoms with Gasteiger partial charge in [-0.25, -0.2) is 32.8 Å². The van der Waals surface area contributed by atoms with Crippen molar-refractivity contribution in [3.8, 4) is 0 Å². The summed E-state index contributed by atoms with van der Waals surface area (Å²) in [7, 11) is 0.849. The second-order valence-corrected chi connectivity index (χ2v) is 6.94. The summed E-state index contributed by atoms with van der Waals surface area (Å²) in [6.07, 6.45) is -6.72. The number of carbonyl (C=O) groups is 3. The Labute approximate surface area is 194 Å². The monoisotopic (exact) mass is 508 g/mol. The van der Waals surface area contributed by atoms with E-state index < -0.39 is 61.4 Å². The molecule has 0 aromatic carbocycles. The zero-order valence-corrected chi connectivity index (χ0v) is 18.8. The number of carbonyl (C=O) groups excluding carboxylic acids is 3. The van der Waals surface area contributed by atoms with E-state index in [4.69, 9.17) is 9.47 Å². The third kappa shape index (κ3) is 7.18. The van der Waals surface area contributed by atoms with Crippen LogP contribution in [0, 0.1) is 13.8 Å². The number of rotatable bonds is 11. The molecule has 14 nitrogen and oxygen atoms in total. The standard InChI is InChI=1S/C19H22F2N2O12/c1-9-11(34-17(27)32-9)7-30-15(25)22-6-4-5-19(13(20)21,14(24)29-3)23-16(26)31-8-12-10(2)33-18(28)35-12/h13H,4-8H2,1-3H3,(H,22,25)(H,23,26). The van der Waals surface area contributed by atoms with Crippen molar-refractivity contribution in [1.29, 1.82) is 0 Å². The van der Waals surface area contributed by atoms with Gasteiger partial charge >= 0.3 is 29.8 Å². The smallest absolute Gasteiger partial charge is 0.467 e. The molecule has 1 unspecified atom stereocenters. The van der Waals surface area contributed by atoms with Crippen molar-refractivity contribution in [3.63, 3.8) is 0 Å². The van der Waals surface area contributed by atoms with Gasteiger partial charge in [0.2, 0.25) is 5.54 Å². The normalized spacial score (nSPS) is 12.6. The van der Waals surface area contributed by atoms with Crippen molar-refractivity contribution in [2.24, 2.45) is 0 Å². The Balaban J connectivity index is 1.92. The molecule has 0 aliphatic rings. The zero-order chi connectivity index (χ0) is 26.2. The summed E-state index contributed by atoms with van der Waals surface area (Å²) in [4.78, 5) is 58.0. The first-order valence-corrected chi connectivity index (χ1v) is 9.89. The molecule has 2 aromatic rings. The summed E-state index contributed by atoms with van der Waals surface area (Å²) in [6, 6.07) is 0. The maximum atomic E-state index is 13.9. The Hall–Kier alpha value is -4.11. The molecular formula is C19H22F2N2O12. The van der Waals surface area contributed by atoms with Crippen molar-refractivity contribution in [2.45, 2.75) is 51.9 Å². The molecule has 2 amide bonds. The SMILES string of the molecule is COC(=O)C(CCCNC(=O)OCc1oc(=O)oc1C)(NC(=O)OCc1oc(=O)oc1C)C(F)F. The van der Waals surface area contributed by atoms with Gasteiger partial charge in [0.15, 0.2) is 36.3 Å². The molecule has 0 saturated heterocycles. The van der Waals surface area contributed by atoms with Crippen molar-refractivity contribution < 1.29 is 55.0 Å². The molecule has 0 bridgehead atoms. The molecule has 0 fully saturated rings. The van der Waals surface area contributed by atoms with Crippen LogP contribution in [-0.4, -0.2) is 43.8 Å². The topological polar surface area (TPSA) is 190 Å². The lowest BCUT2D eigenvalue weighted by molar-refractivity contribution is -0.156. The van der Waals surface area contributed by atoms with E-state index in [2.05, 4.69) is 27.7 Å².